The Morgan fingerprint density at radius 3 is 2.73 bits per heavy atom. The van der Waals surface area contributed by atoms with Crippen LogP contribution in [0.4, 0.5) is 13.2 Å². The zero-order valence-electron chi connectivity index (χ0n) is 12.1. The van der Waals surface area contributed by atoms with Gasteiger partial charge in [-0.3, -0.25) is 4.98 Å². The SMILES string of the molecule is CC1(C)CC(O)(c2ncccc2C(F)(F)F)Cc2cnoc21. The lowest BCUT2D eigenvalue weighted by atomic mass is 9.68. The molecule has 1 atom stereocenters. The lowest BCUT2D eigenvalue weighted by Crippen LogP contribution is -2.42. The van der Waals surface area contributed by atoms with Crippen molar-refractivity contribution in [2.75, 3.05) is 0 Å². The molecule has 3 rings (SSSR count). The maximum Gasteiger partial charge on any atom is 0.418 e. The van der Waals surface area contributed by atoms with E-state index >= 15 is 0 Å². The van der Waals surface area contributed by atoms with Gasteiger partial charge < -0.3 is 9.63 Å². The summed E-state index contributed by atoms with van der Waals surface area (Å²) in [5.74, 6) is 0.599. The van der Waals surface area contributed by atoms with Gasteiger partial charge in [0, 0.05) is 23.6 Å². The third-order valence-electron chi connectivity index (χ3n) is 4.03. The van der Waals surface area contributed by atoms with Crippen LogP contribution in [-0.2, 0) is 23.6 Å². The van der Waals surface area contributed by atoms with Crippen LogP contribution in [-0.4, -0.2) is 15.2 Å². The van der Waals surface area contributed by atoms with Crippen LogP contribution in [0.3, 0.4) is 0 Å². The highest BCUT2D eigenvalue weighted by atomic mass is 19.4. The van der Waals surface area contributed by atoms with Crippen LogP contribution < -0.4 is 0 Å². The molecule has 0 saturated carbocycles. The molecule has 2 aromatic rings. The zero-order valence-corrected chi connectivity index (χ0v) is 12.1. The lowest BCUT2D eigenvalue weighted by molar-refractivity contribution is -0.142. The fourth-order valence-electron chi connectivity index (χ4n) is 3.31. The maximum absolute atomic E-state index is 13.2. The molecule has 0 aromatic carbocycles. The number of nitrogens with zero attached hydrogens (tertiary/aromatic N) is 2. The molecule has 1 unspecified atom stereocenters. The molecule has 4 nitrogen and oxygen atoms in total. The first kappa shape index (κ1) is 15.0. The van der Waals surface area contributed by atoms with E-state index in [2.05, 4.69) is 10.1 Å². The molecule has 0 aliphatic heterocycles. The molecule has 0 saturated heterocycles. The summed E-state index contributed by atoms with van der Waals surface area (Å²) in [6.45, 7) is 3.61. The van der Waals surface area contributed by atoms with Crippen molar-refractivity contribution < 1.29 is 22.8 Å². The van der Waals surface area contributed by atoms with Crippen molar-refractivity contribution in [1.29, 1.82) is 0 Å². The van der Waals surface area contributed by atoms with Crippen LogP contribution in [0, 0.1) is 0 Å². The molecule has 118 valence electrons. The monoisotopic (exact) mass is 312 g/mol. The first-order chi connectivity index (χ1) is 10.1. The molecule has 0 spiro atoms. The summed E-state index contributed by atoms with van der Waals surface area (Å²) >= 11 is 0. The second-order valence-electron chi connectivity index (χ2n) is 6.35. The van der Waals surface area contributed by atoms with E-state index in [0.29, 0.717) is 11.3 Å². The highest BCUT2D eigenvalue weighted by molar-refractivity contribution is 5.36. The van der Waals surface area contributed by atoms with E-state index < -0.39 is 22.8 Å². The van der Waals surface area contributed by atoms with Gasteiger partial charge in [-0.1, -0.05) is 19.0 Å². The second-order valence-corrected chi connectivity index (χ2v) is 6.35. The standard InChI is InChI=1S/C15H15F3N2O2/c1-13(2)8-14(21,6-9-7-20-22-12(9)13)11-10(15(16,17)18)4-3-5-19-11/h3-5,7,21H,6,8H2,1-2H3. The van der Waals surface area contributed by atoms with E-state index in [4.69, 9.17) is 4.52 Å². The van der Waals surface area contributed by atoms with Crippen molar-refractivity contribution >= 4 is 0 Å². The summed E-state index contributed by atoms with van der Waals surface area (Å²) in [6.07, 6.45) is -1.80. The van der Waals surface area contributed by atoms with Crippen LogP contribution in [0.2, 0.25) is 0 Å². The van der Waals surface area contributed by atoms with Gasteiger partial charge in [-0.25, -0.2) is 0 Å². The Labute approximate surface area is 125 Å². The smallest absolute Gasteiger partial charge is 0.383 e. The van der Waals surface area contributed by atoms with Gasteiger partial charge in [0.15, 0.2) is 0 Å². The molecular formula is C15H15F3N2O2. The Hall–Kier alpha value is -1.89. The number of halogens is 3. The highest BCUT2D eigenvalue weighted by Crippen LogP contribution is 2.48. The molecule has 0 radical (unpaired) electrons. The largest absolute Gasteiger partial charge is 0.418 e. The number of hydrogen-bond acceptors (Lipinski definition) is 4. The maximum atomic E-state index is 13.2. The Balaban J connectivity index is 2.14. The molecule has 22 heavy (non-hydrogen) atoms. The highest BCUT2D eigenvalue weighted by Gasteiger charge is 2.49. The topological polar surface area (TPSA) is 59.2 Å². The van der Waals surface area contributed by atoms with E-state index in [1.807, 2.05) is 0 Å². The van der Waals surface area contributed by atoms with Crippen LogP contribution >= 0.6 is 0 Å². The van der Waals surface area contributed by atoms with Crippen LogP contribution in [0.1, 0.15) is 42.8 Å². The van der Waals surface area contributed by atoms with Crippen molar-refractivity contribution in [2.24, 2.45) is 0 Å². The minimum absolute atomic E-state index is 0.00461. The summed E-state index contributed by atoms with van der Waals surface area (Å²) in [7, 11) is 0. The second kappa shape index (κ2) is 4.55. The van der Waals surface area contributed by atoms with Gasteiger partial charge >= 0.3 is 6.18 Å². The van der Waals surface area contributed by atoms with E-state index in [1.54, 1.807) is 13.8 Å². The molecule has 1 N–H and O–H groups in total. The fraction of sp³-hybridized carbons (Fsp3) is 0.467. The molecular weight excluding hydrogens is 297 g/mol. The first-order valence-corrected chi connectivity index (χ1v) is 6.83. The molecule has 1 aliphatic carbocycles. The first-order valence-electron chi connectivity index (χ1n) is 6.83. The predicted molar refractivity (Wildman–Crippen MR) is 71.0 cm³/mol. The zero-order chi connectivity index (χ0) is 16.2. The van der Waals surface area contributed by atoms with Gasteiger partial charge in [-0.05, 0) is 18.6 Å². The van der Waals surface area contributed by atoms with Crippen LogP contribution in [0.15, 0.2) is 29.0 Å². The average molecular weight is 312 g/mol. The van der Waals surface area contributed by atoms with E-state index in [9.17, 15) is 18.3 Å². The van der Waals surface area contributed by atoms with Gasteiger partial charge in [-0.2, -0.15) is 13.2 Å². The number of hydrogen-bond donors (Lipinski definition) is 1. The molecule has 1 aliphatic rings. The average Bonchev–Trinajstić information content (AvgIpc) is 2.86. The Morgan fingerprint density at radius 1 is 1.32 bits per heavy atom. The van der Waals surface area contributed by atoms with Crippen molar-refractivity contribution in [2.45, 2.75) is 43.9 Å². The number of aliphatic hydroxyl groups is 1. The van der Waals surface area contributed by atoms with E-state index in [-0.39, 0.29) is 18.5 Å². The predicted octanol–water partition coefficient (Wildman–Crippen LogP) is 3.20. The third kappa shape index (κ3) is 2.29. The Bertz CT molecular complexity index is 709. The quantitative estimate of drug-likeness (QED) is 0.878. The van der Waals surface area contributed by atoms with Gasteiger partial charge in [0.25, 0.3) is 0 Å². The lowest BCUT2D eigenvalue weighted by Gasteiger charge is -2.40. The Morgan fingerprint density at radius 2 is 2.05 bits per heavy atom. The van der Waals surface area contributed by atoms with Gasteiger partial charge in [0.1, 0.15) is 11.4 Å². The van der Waals surface area contributed by atoms with Crippen LogP contribution in [0.25, 0.3) is 0 Å². The van der Waals surface area contributed by atoms with Crippen molar-refractivity contribution in [3.63, 3.8) is 0 Å². The number of pyridine rings is 1. The van der Waals surface area contributed by atoms with Crippen molar-refractivity contribution in [3.8, 4) is 0 Å². The molecule has 7 heteroatoms. The van der Waals surface area contributed by atoms with Gasteiger partial charge in [0.2, 0.25) is 0 Å². The molecule has 2 heterocycles. The Kier molecular flexibility index (Phi) is 3.11. The molecule has 0 fully saturated rings. The van der Waals surface area contributed by atoms with Crippen molar-refractivity contribution in [3.05, 3.63) is 47.1 Å². The summed E-state index contributed by atoms with van der Waals surface area (Å²) < 4.78 is 44.9. The number of rotatable bonds is 1. The van der Waals surface area contributed by atoms with Crippen molar-refractivity contribution in [1.82, 2.24) is 10.1 Å². The molecule has 0 amide bonds. The fourth-order valence-corrected chi connectivity index (χ4v) is 3.31. The van der Waals surface area contributed by atoms with E-state index in [1.165, 1.54) is 18.5 Å². The van der Waals surface area contributed by atoms with E-state index in [0.717, 1.165) is 6.07 Å². The third-order valence-corrected chi connectivity index (χ3v) is 4.03. The number of alkyl halides is 3. The minimum atomic E-state index is -4.57. The van der Waals surface area contributed by atoms with Gasteiger partial charge in [0.05, 0.1) is 17.5 Å². The molecule has 0 bridgehead atoms. The summed E-state index contributed by atoms with van der Waals surface area (Å²) in [4.78, 5) is 3.84. The summed E-state index contributed by atoms with van der Waals surface area (Å²) in [5.41, 5.74) is -3.00. The number of aromatic nitrogens is 2. The normalized spacial score (nSPS) is 24.1. The number of fused-ring (bicyclic) bond motifs is 1. The summed E-state index contributed by atoms with van der Waals surface area (Å²) in [6, 6.07) is 2.16. The van der Waals surface area contributed by atoms with Crippen LogP contribution in [0.5, 0.6) is 0 Å². The summed E-state index contributed by atoms with van der Waals surface area (Å²) in [5, 5.41) is 14.7. The minimum Gasteiger partial charge on any atom is -0.383 e. The molecule has 2 aromatic heterocycles. The van der Waals surface area contributed by atoms with Gasteiger partial charge in [-0.15, -0.1) is 0 Å².